The van der Waals surface area contributed by atoms with Gasteiger partial charge >= 0.3 is 0 Å². The van der Waals surface area contributed by atoms with Gasteiger partial charge in [0, 0.05) is 38.2 Å². The van der Waals surface area contributed by atoms with Crippen molar-refractivity contribution in [1.29, 1.82) is 0 Å². The van der Waals surface area contributed by atoms with E-state index in [-0.39, 0.29) is 25.4 Å². The Balaban J connectivity index is 1.12. The van der Waals surface area contributed by atoms with Crippen LogP contribution in [0.15, 0.2) is 133 Å². The number of amides is 1. The molecule has 1 heterocycles. The Kier molecular flexibility index (Phi) is 12.5. The summed E-state index contributed by atoms with van der Waals surface area (Å²) in [5, 5.41) is 11.9. The summed E-state index contributed by atoms with van der Waals surface area (Å²) in [5.74, 6) is -12.6. The van der Waals surface area contributed by atoms with Crippen LogP contribution in [0.1, 0.15) is 62.6 Å². The van der Waals surface area contributed by atoms with Crippen LogP contribution < -0.4 is 5.32 Å². The lowest BCUT2D eigenvalue weighted by atomic mass is 9.97. The number of aliphatic hydroxyl groups excluding tert-OH is 1. The van der Waals surface area contributed by atoms with Crippen LogP contribution in [-0.4, -0.2) is 28.6 Å². The fraction of sp³-hybridized carbons (Fsp3) is 0.196. The highest BCUT2D eigenvalue weighted by Crippen LogP contribution is 2.39. The molecule has 0 aliphatic carbocycles. The molecule has 2 N–H and O–H groups in total. The summed E-state index contributed by atoms with van der Waals surface area (Å²) in [6.07, 6.45) is -0.664. The normalized spacial score (nSPS) is 16.8. The fourth-order valence-electron chi connectivity index (χ4n) is 7.03. The quantitative estimate of drug-likeness (QED) is 0.0695. The highest BCUT2D eigenvalue weighted by atomic mass is 19.2. The number of carbonyl (C=O) groups is 1. The zero-order valence-electron chi connectivity index (χ0n) is 30.7. The summed E-state index contributed by atoms with van der Waals surface area (Å²) in [5.41, 5.74) is 5.27. The molecule has 57 heavy (non-hydrogen) atoms. The second-order valence-corrected chi connectivity index (χ2v) is 13.9. The molecule has 1 aliphatic rings. The summed E-state index contributed by atoms with van der Waals surface area (Å²) in [6.45, 7) is 1.73. The van der Waals surface area contributed by atoms with Crippen LogP contribution in [0.4, 0.5) is 22.0 Å². The molecule has 0 spiro atoms. The van der Waals surface area contributed by atoms with E-state index in [0.29, 0.717) is 37.2 Å². The number of aliphatic hydroxyl groups is 1. The van der Waals surface area contributed by atoms with Crippen LogP contribution >= 0.6 is 0 Å². The fourth-order valence-corrected chi connectivity index (χ4v) is 7.03. The number of nitrogens with one attached hydrogen (secondary N) is 1. The van der Waals surface area contributed by atoms with Crippen LogP contribution in [0.5, 0.6) is 0 Å². The van der Waals surface area contributed by atoms with E-state index < -0.39 is 46.8 Å². The molecule has 6 aromatic rings. The van der Waals surface area contributed by atoms with E-state index in [1.54, 1.807) is 24.3 Å². The van der Waals surface area contributed by atoms with Crippen molar-refractivity contribution in [3.63, 3.8) is 0 Å². The van der Waals surface area contributed by atoms with E-state index >= 15 is 0 Å². The lowest BCUT2D eigenvalue weighted by Crippen LogP contribution is -2.39. The van der Waals surface area contributed by atoms with Crippen LogP contribution in [0.3, 0.4) is 0 Å². The predicted octanol–water partition coefficient (Wildman–Crippen LogP) is 9.72. The molecule has 3 atom stereocenters. The molecule has 0 bridgehead atoms. The molecule has 3 unspecified atom stereocenters. The first kappa shape index (κ1) is 39.5. The number of hydrogen-bond acceptors (Lipinski definition) is 5. The minimum atomic E-state index is -2.34. The number of nitrogens with zero attached hydrogens (tertiary/aromatic N) is 1. The minimum Gasteiger partial charge on any atom is -0.392 e. The summed E-state index contributed by atoms with van der Waals surface area (Å²) < 4.78 is 83.1. The van der Waals surface area contributed by atoms with Gasteiger partial charge in [0.25, 0.3) is 5.91 Å². The van der Waals surface area contributed by atoms with Crippen molar-refractivity contribution >= 4 is 5.91 Å². The Bertz CT molecular complexity index is 2220. The molecule has 1 aliphatic heterocycles. The molecular formula is C46H39F5N2O4. The molecule has 1 amide bonds. The van der Waals surface area contributed by atoms with Gasteiger partial charge in [0.15, 0.2) is 29.6 Å². The molecule has 1 fully saturated rings. The molecule has 0 saturated carbocycles. The maximum atomic E-state index is 14.3. The van der Waals surface area contributed by atoms with Gasteiger partial charge in [-0.2, -0.15) is 0 Å². The standard InChI is InChI=1S/C46H39F5N2O4/c47-40-39(41(48)43(50)44(51)42(40)49)45(55)52-24-35-13-7-8-14-37(35)32-19-21-34(22-20-32)46-56-36(23-38(57-46)33-17-15-31(28-54)16-18-33)27-53(25-29-9-3-1-4-10-29)26-30-11-5-2-6-12-30/h1-22,36,38,46,54H,23-28H2,(H,52,55). The number of halogens is 5. The van der Waals surface area contributed by atoms with Crippen molar-refractivity contribution in [2.75, 3.05) is 6.54 Å². The average Bonchev–Trinajstić information content (AvgIpc) is 3.25. The Morgan fingerprint density at radius 2 is 1.18 bits per heavy atom. The highest BCUT2D eigenvalue weighted by molar-refractivity contribution is 5.95. The number of ether oxygens (including phenoxy) is 2. The van der Waals surface area contributed by atoms with Crippen LogP contribution in [-0.2, 0) is 35.7 Å². The summed E-state index contributed by atoms with van der Waals surface area (Å²) in [7, 11) is 0. The van der Waals surface area contributed by atoms with Gasteiger partial charge in [-0.05, 0) is 38.9 Å². The zero-order chi connectivity index (χ0) is 39.9. The van der Waals surface area contributed by atoms with Gasteiger partial charge in [0.05, 0.1) is 18.8 Å². The second kappa shape index (κ2) is 18.0. The highest BCUT2D eigenvalue weighted by Gasteiger charge is 2.34. The Morgan fingerprint density at radius 1 is 0.632 bits per heavy atom. The van der Waals surface area contributed by atoms with Crippen molar-refractivity contribution < 1.29 is 41.3 Å². The lowest BCUT2D eigenvalue weighted by Gasteiger charge is -2.38. The van der Waals surface area contributed by atoms with E-state index in [2.05, 4.69) is 34.5 Å². The van der Waals surface area contributed by atoms with Gasteiger partial charge in [-0.15, -0.1) is 0 Å². The van der Waals surface area contributed by atoms with E-state index in [1.165, 1.54) is 11.1 Å². The maximum Gasteiger partial charge on any atom is 0.257 e. The molecule has 7 rings (SSSR count). The first-order valence-electron chi connectivity index (χ1n) is 18.5. The Hall–Kier alpha value is -5.72. The van der Waals surface area contributed by atoms with Gasteiger partial charge in [-0.1, -0.05) is 133 Å². The predicted molar refractivity (Wildman–Crippen MR) is 205 cm³/mol. The number of carbonyl (C=O) groups excluding carboxylic acids is 1. The molecule has 0 aromatic heterocycles. The molecule has 6 nitrogen and oxygen atoms in total. The van der Waals surface area contributed by atoms with Crippen molar-refractivity contribution in [2.45, 2.75) is 51.2 Å². The zero-order valence-corrected chi connectivity index (χ0v) is 30.7. The van der Waals surface area contributed by atoms with E-state index in [4.69, 9.17) is 9.47 Å². The van der Waals surface area contributed by atoms with Gasteiger partial charge in [0.1, 0.15) is 5.56 Å². The second-order valence-electron chi connectivity index (χ2n) is 13.9. The van der Waals surface area contributed by atoms with Gasteiger partial charge in [-0.25, -0.2) is 22.0 Å². The minimum absolute atomic E-state index is 0.0682. The van der Waals surface area contributed by atoms with Crippen molar-refractivity contribution in [3.8, 4) is 11.1 Å². The topological polar surface area (TPSA) is 71.0 Å². The monoisotopic (exact) mass is 778 g/mol. The van der Waals surface area contributed by atoms with Gasteiger partial charge < -0.3 is 19.9 Å². The van der Waals surface area contributed by atoms with Crippen molar-refractivity contribution in [1.82, 2.24) is 10.2 Å². The SMILES string of the molecule is O=C(NCc1ccccc1-c1ccc(C2OC(CN(Cc3ccccc3)Cc3ccccc3)CC(c3ccc(CO)cc3)O2)cc1)c1c(F)c(F)c(F)c(F)c1F. The lowest BCUT2D eigenvalue weighted by molar-refractivity contribution is -0.253. The number of rotatable bonds is 13. The van der Waals surface area contributed by atoms with Crippen molar-refractivity contribution in [2.24, 2.45) is 0 Å². The molecular weight excluding hydrogens is 740 g/mol. The maximum absolute atomic E-state index is 14.3. The van der Waals surface area contributed by atoms with E-state index in [0.717, 1.165) is 22.3 Å². The Labute approximate surface area is 327 Å². The third-order valence-electron chi connectivity index (χ3n) is 9.96. The summed E-state index contributed by atoms with van der Waals surface area (Å²) in [6, 6.07) is 42.7. The van der Waals surface area contributed by atoms with Crippen molar-refractivity contribution in [3.05, 3.63) is 201 Å². The van der Waals surface area contributed by atoms with Gasteiger partial charge in [0.2, 0.25) is 5.82 Å². The van der Waals surface area contributed by atoms with Crippen LogP contribution in [0.25, 0.3) is 11.1 Å². The molecule has 292 valence electrons. The Morgan fingerprint density at radius 3 is 1.77 bits per heavy atom. The van der Waals surface area contributed by atoms with Crippen LogP contribution in [0.2, 0.25) is 0 Å². The molecule has 0 radical (unpaired) electrons. The van der Waals surface area contributed by atoms with Crippen LogP contribution in [0, 0.1) is 29.1 Å². The third kappa shape index (κ3) is 9.30. The summed E-state index contributed by atoms with van der Waals surface area (Å²) >= 11 is 0. The first-order valence-corrected chi connectivity index (χ1v) is 18.5. The molecule has 1 saturated heterocycles. The third-order valence-corrected chi connectivity index (χ3v) is 9.96. The average molecular weight is 779 g/mol. The largest absolute Gasteiger partial charge is 0.392 e. The molecule has 6 aromatic carbocycles. The van der Waals surface area contributed by atoms with Gasteiger partial charge in [-0.3, -0.25) is 9.69 Å². The number of hydrogen-bond donors (Lipinski definition) is 2. The smallest absolute Gasteiger partial charge is 0.257 e. The summed E-state index contributed by atoms with van der Waals surface area (Å²) in [4.78, 5) is 15.1. The molecule has 11 heteroatoms. The number of benzene rings is 6. The van der Waals surface area contributed by atoms with E-state index in [9.17, 15) is 31.9 Å². The first-order chi connectivity index (χ1) is 27.7. The van der Waals surface area contributed by atoms with E-state index in [1.807, 2.05) is 84.9 Å².